The van der Waals surface area contributed by atoms with Gasteiger partial charge in [-0.3, -0.25) is 9.69 Å². The zero-order valence-corrected chi connectivity index (χ0v) is 21.0. The van der Waals surface area contributed by atoms with Crippen LogP contribution in [-0.4, -0.2) is 59.2 Å². The fraction of sp³-hybridized carbons (Fsp3) is 0.407. The molecule has 1 N–H and O–H groups in total. The quantitative estimate of drug-likeness (QED) is 0.395. The molecule has 6 nitrogen and oxygen atoms in total. The van der Waals surface area contributed by atoms with Crippen LogP contribution in [0.4, 0.5) is 0 Å². The van der Waals surface area contributed by atoms with Crippen LogP contribution in [0.1, 0.15) is 31.4 Å². The Balaban J connectivity index is 1.58. The van der Waals surface area contributed by atoms with Crippen molar-refractivity contribution in [1.29, 1.82) is 0 Å². The topological polar surface area (TPSA) is 66.6 Å². The number of fused-ring (bicyclic) bond motifs is 2. The predicted molar refractivity (Wildman–Crippen MR) is 138 cm³/mol. The predicted octanol–water partition coefficient (Wildman–Crippen LogP) is 5.01. The minimum atomic E-state index is -0.0910. The van der Waals surface area contributed by atoms with E-state index in [0.29, 0.717) is 34.5 Å². The van der Waals surface area contributed by atoms with E-state index < -0.39 is 0 Å². The number of benzene rings is 2. The second-order valence-electron chi connectivity index (χ2n) is 9.62. The lowest BCUT2D eigenvalue weighted by atomic mass is 10.00. The third-order valence-corrected chi connectivity index (χ3v) is 8.18. The summed E-state index contributed by atoms with van der Waals surface area (Å²) in [5.41, 5.74) is 3.29. The van der Waals surface area contributed by atoms with Gasteiger partial charge in [-0.25, -0.2) is 4.98 Å². The highest BCUT2D eigenvalue weighted by Crippen LogP contribution is 2.35. The fourth-order valence-electron chi connectivity index (χ4n) is 5.01. The van der Waals surface area contributed by atoms with Gasteiger partial charge in [0.15, 0.2) is 0 Å². The molecule has 5 rings (SSSR count). The van der Waals surface area contributed by atoms with Crippen LogP contribution in [0.2, 0.25) is 0 Å². The van der Waals surface area contributed by atoms with Gasteiger partial charge in [-0.1, -0.05) is 26.0 Å². The molecule has 0 unspecified atom stereocenters. The molecule has 7 heteroatoms. The van der Waals surface area contributed by atoms with Crippen molar-refractivity contribution in [3.8, 4) is 16.3 Å². The number of nitrogens with zero attached hydrogens (tertiary/aromatic N) is 3. The summed E-state index contributed by atoms with van der Waals surface area (Å²) in [6.45, 7) is 10.1. The van der Waals surface area contributed by atoms with Crippen molar-refractivity contribution < 1.29 is 14.0 Å². The minimum Gasteiger partial charge on any atom is -0.507 e. The number of phenolic OH excluding ortho intramolecular Hbond substituents is 1. The molecule has 1 aliphatic rings. The highest BCUT2D eigenvalue weighted by atomic mass is 32.1. The monoisotopic (exact) mass is 478 g/mol. The minimum absolute atomic E-state index is 0.0910. The van der Waals surface area contributed by atoms with Gasteiger partial charge >= 0.3 is 0 Å². The lowest BCUT2D eigenvalue weighted by Gasteiger charge is -2.42. The Morgan fingerprint density at radius 3 is 2.68 bits per heavy atom. The molecule has 0 atom stereocenters. The molecule has 0 bridgehead atoms. The van der Waals surface area contributed by atoms with Crippen molar-refractivity contribution in [2.45, 2.75) is 33.2 Å². The van der Waals surface area contributed by atoms with E-state index in [9.17, 15) is 9.90 Å². The molecule has 0 spiro atoms. The maximum Gasteiger partial charge on any atom is 0.202 e. The van der Waals surface area contributed by atoms with E-state index in [0.717, 1.165) is 65.0 Å². The van der Waals surface area contributed by atoms with Crippen LogP contribution < -0.4 is 5.43 Å². The maximum absolute atomic E-state index is 13.6. The Morgan fingerprint density at radius 1 is 1.21 bits per heavy atom. The molecule has 0 radical (unpaired) electrons. The number of hydrogen-bond acceptors (Lipinski definition) is 6. The molecular formula is C27H32N3O3S+. The number of para-hydroxylation sites is 1. The SMILES string of the molecule is CCCN1CC[N+](C)(Cc2c(O)c(CC)cc3c(=O)c(-c4nc5ccccc5s4)coc23)CC1. The Morgan fingerprint density at radius 2 is 1.97 bits per heavy atom. The summed E-state index contributed by atoms with van der Waals surface area (Å²) in [7, 11) is 2.24. The van der Waals surface area contributed by atoms with Crippen molar-refractivity contribution in [1.82, 2.24) is 9.88 Å². The van der Waals surface area contributed by atoms with E-state index >= 15 is 0 Å². The van der Waals surface area contributed by atoms with E-state index in [-0.39, 0.29) is 11.2 Å². The molecule has 1 saturated heterocycles. The number of thiazole rings is 1. The summed E-state index contributed by atoms with van der Waals surface area (Å²) in [6, 6.07) is 9.68. The first-order valence-corrected chi connectivity index (χ1v) is 12.9. The molecule has 2 aromatic carbocycles. The first-order valence-electron chi connectivity index (χ1n) is 12.1. The average molecular weight is 479 g/mol. The zero-order valence-electron chi connectivity index (χ0n) is 20.1. The first-order chi connectivity index (χ1) is 16.4. The molecule has 1 aliphatic heterocycles. The number of phenols is 1. The van der Waals surface area contributed by atoms with Crippen LogP contribution in [0, 0.1) is 0 Å². The third-order valence-electron chi connectivity index (χ3n) is 7.11. The van der Waals surface area contributed by atoms with Crippen molar-refractivity contribution in [3.63, 3.8) is 0 Å². The Bertz CT molecular complexity index is 1370. The van der Waals surface area contributed by atoms with Gasteiger partial charge in [-0.15, -0.1) is 11.3 Å². The van der Waals surface area contributed by atoms with E-state index in [1.54, 1.807) is 6.07 Å². The summed E-state index contributed by atoms with van der Waals surface area (Å²) in [6.07, 6.45) is 3.33. The second-order valence-corrected chi connectivity index (χ2v) is 10.7. The number of likely N-dealkylation sites (N-methyl/N-ethyl adjacent to an activating group) is 1. The van der Waals surface area contributed by atoms with Crippen molar-refractivity contribution in [3.05, 3.63) is 57.9 Å². The number of quaternary nitrogens is 1. The molecule has 1 fully saturated rings. The van der Waals surface area contributed by atoms with Gasteiger partial charge in [0.25, 0.3) is 0 Å². The third kappa shape index (κ3) is 4.13. The number of piperazine rings is 1. The second kappa shape index (κ2) is 9.13. The van der Waals surface area contributed by atoms with Crippen molar-refractivity contribution in [2.75, 3.05) is 39.8 Å². The van der Waals surface area contributed by atoms with Gasteiger partial charge < -0.3 is 14.0 Å². The smallest absolute Gasteiger partial charge is 0.202 e. The number of aromatic nitrogens is 1. The van der Waals surface area contributed by atoms with Gasteiger partial charge in [-0.05, 0) is 43.1 Å². The van der Waals surface area contributed by atoms with Crippen LogP contribution in [0.5, 0.6) is 5.75 Å². The summed E-state index contributed by atoms with van der Waals surface area (Å²) in [5.74, 6) is 0.265. The van der Waals surface area contributed by atoms with Gasteiger partial charge in [-0.2, -0.15) is 0 Å². The average Bonchev–Trinajstić information content (AvgIpc) is 3.27. The van der Waals surface area contributed by atoms with E-state index in [2.05, 4.69) is 23.9 Å². The molecule has 0 saturated carbocycles. The van der Waals surface area contributed by atoms with Gasteiger partial charge in [0, 0.05) is 13.1 Å². The number of aromatic hydroxyl groups is 1. The molecule has 2 aromatic heterocycles. The fourth-order valence-corrected chi connectivity index (χ4v) is 5.98. The van der Waals surface area contributed by atoms with Gasteiger partial charge in [0.05, 0.1) is 46.9 Å². The Hall–Kier alpha value is -2.74. The highest BCUT2D eigenvalue weighted by molar-refractivity contribution is 7.21. The Kier molecular flexibility index (Phi) is 6.18. The lowest BCUT2D eigenvalue weighted by Crippen LogP contribution is -2.56. The highest BCUT2D eigenvalue weighted by Gasteiger charge is 2.32. The van der Waals surface area contributed by atoms with Crippen LogP contribution in [-0.2, 0) is 13.0 Å². The van der Waals surface area contributed by atoms with Crippen molar-refractivity contribution in [2.24, 2.45) is 0 Å². The summed E-state index contributed by atoms with van der Waals surface area (Å²) in [4.78, 5) is 20.8. The van der Waals surface area contributed by atoms with Crippen LogP contribution in [0.3, 0.4) is 0 Å². The van der Waals surface area contributed by atoms with E-state index in [1.807, 2.05) is 31.2 Å². The molecule has 0 amide bonds. The molecule has 4 aromatic rings. The summed E-state index contributed by atoms with van der Waals surface area (Å²) < 4.78 is 7.98. The van der Waals surface area contributed by atoms with Crippen LogP contribution >= 0.6 is 11.3 Å². The van der Waals surface area contributed by atoms with E-state index in [1.165, 1.54) is 17.6 Å². The Labute approximate surface area is 203 Å². The number of rotatable bonds is 6. The normalized spacial score (nSPS) is 16.4. The lowest BCUT2D eigenvalue weighted by molar-refractivity contribution is -0.926. The number of hydrogen-bond donors (Lipinski definition) is 1. The van der Waals surface area contributed by atoms with Crippen LogP contribution in [0.15, 0.2) is 45.8 Å². The standard InChI is InChI=1S/C27H31N3O3S/c1-4-10-29-11-13-30(3,14-12-29)16-20-24(31)18(5-2)15-19-25(32)21(17-33-26(19)20)27-28-22-8-6-7-9-23(22)34-27/h6-9,15,17H,4-5,10-14,16H2,1-3H3/p+1. The largest absolute Gasteiger partial charge is 0.507 e. The molecular weight excluding hydrogens is 446 g/mol. The van der Waals surface area contributed by atoms with Gasteiger partial charge in [0.1, 0.15) is 29.1 Å². The molecule has 3 heterocycles. The number of aryl methyl sites for hydroxylation is 1. The van der Waals surface area contributed by atoms with Gasteiger partial charge in [0.2, 0.25) is 5.43 Å². The first kappa shape index (κ1) is 23.0. The zero-order chi connectivity index (χ0) is 23.9. The van der Waals surface area contributed by atoms with Crippen LogP contribution in [0.25, 0.3) is 31.8 Å². The van der Waals surface area contributed by atoms with Crippen molar-refractivity contribution >= 4 is 32.5 Å². The molecule has 178 valence electrons. The maximum atomic E-state index is 13.6. The molecule has 34 heavy (non-hydrogen) atoms. The molecule has 0 aliphatic carbocycles. The summed E-state index contributed by atoms with van der Waals surface area (Å²) in [5, 5.41) is 12.3. The summed E-state index contributed by atoms with van der Waals surface area (Å²) >= 11 is 1.49. The van der Waals surface area contributed by atoms with E-state index in [4.69, 9.17) is 4.42 Å².